The number of aryl methyl sites for hydroxylation is 1. The Morgan fingerprint density at radius 1 is 1.35 bits per heavy atom. The van der Waals surface area contributed by atoms with Gasteiger partial charge in [0.1, 0.15) is 0 Å². The summed E-state index contributed by atoms with van der Waals surface area (Å²) in [4.78, 5) is 0. The van der Waals surface area contributed by atoms with E-state index in [4.69, 9.17) is 10.2 Å². The first-order valence-electron chi connectivity index (χ1n) is 5.05. The Labute approximate surface area is 96.9 Å². The van der Waals surface area contributed by atoms with Crippen LogP contribution in [0.5, 0.6) is 0 Å². The van der Waals surface area contributed by atoms with Gasteiger partial charge in [0.15, 0.2) is 0 Å². The van der Waals surface area contributed by atoms with Gasteiger partial charge in [-0.3, -0.25) is 0 Å². The molecule has 6 heteroatoms. The third-order valence-corrected chi connectivity index (χ3v) is 2.30. The molecule has 0 aliphatic heterocycles. The molecule has 1 rings (SSSR count). The fourth-order valence-electron chi connectivity index (χ4n) is 1.34. The smallest absolute Gasteiger partial charge is 0.394 e. The summed E-state index contributed by atoms with van der Waals surface area (Å²) in [5.41, 5.74) is -0.304. The topological polar surface area (TPSA) is 52.5 Å². The molecule has 1 aromatic rings. The minimum absolute atomic E-state index is 0.00312. The molecule has 1 atom stereocenters. The molecule has 0 aliphatic rings. The van der Waals surface area contributed by atoms with Crippen LogP contribution in [0.1, 0.15) is 11.1 Å². The highest BCUT2D eigenvalue weighted by Crippen LogP contribution is 2.33. The number of alkyl halides is 3. The van der Waals surface area contributed by atoms with Gasteiger partial charge in [-0.05, 0) is 24.6 Å². The van der Waals surface area contributed by atoms with E-state index in [0.717, 1.165) is 6.07 Å². The van der Waals surface area contributed by atoms with Crippen LogP contribution >= 0.6 is 0 Å². The van der Waals surface area contributed by atoms with Crippen LogP contribution < -0.4 is 5.32 Å². The van der Waals surface area contributed by atoms with E-state index in [1.54, 1.807) is 0 Å². The molecule has 0 heterocycles. The molecule has 0 radical (unpaired) electrons. The van der Waals surface area contributed by atoms with E-state index in [9.17, 15) is 13.2 Å². The van der Waals surface area contributed by atoms with Gasteiger partial charge in [0.2, 0.25) is 0 Å². The Morgan fingerprint density at radius 3 is 2.53 bits per heavy atom. The van der Waals surface area contributed by atoms with Crippen LogP contribution in [0.4, 0.5) is 18.9 Å². The average molecular weight is 249 g/mol. The van der Waals surface area contributed by atoms with E-state index in [0.29, 0.717) is 0 Å². The number of aliphatic hydroxyl groups is 2. The van der Waals surface area contributed by atoms with Gasteiger partial charge >= 0.3 is 6.18 Å². The van der Waals surface area contributed by atoms with Crippen molar-refractivity contribution in [3.8, 4) is 0 Å². The molecule has 96 valence electrons. The predicted molar refractivity (Wildman–Crippen MR) is 57.8 cm³/mol. The van der Waals surface area contributed by atoms with Gasteiger partial charge in [-0.15, -0.1) is 0 Å². The highest BCUT2D eigenvalue weighted by Gasteiger charge is 2.32. The lowest BCUT2D eigenvalue weighted by molar-refractivity contribution is -0.138. The van der Waals surface area contributed by atoms with Gasteiger partial charge in [-0.2, -0.15) is 13.2 Å². The first-order chi connectivity index (χ1) is 7.84. The van der Waals surface area contributed by atoms with Crippen LogP contribution in [-0.4, -0.2) is 29.5 Å². The second-order valence-corrected chi connectivity index (χ2v) is 3.74. The zero-order chi connectivity index (χ0) is 13.1. The van der Waals surface area contributed by atoms with Crippen LogP contribution in [-0.2, 0) is 6.18 Å². The van der Waals surface area contributed by atoms with E-state index in [-0.39, 0.29) is 17.8 Å². The lowest BCUT2D eigenvalue weighted by Crippen LogP contribution is -2.23. The predicted octanol–water partition coefficient (Wildman–Crippen LogP) is 1.78. The van der Waals surface area contributed by atoms with Crippen LogP contribution in [0.25, 0.3) is 0 Å². The first kappa shape index (κ1) is 13.8. The number of anilines is 1. The molecule has 0 aliphatic carbocycles. The van der Waals surface area contributed by atoms with Gasteiger partial charge in [-0.25, -0.2) is 0 Å². The number of benzene rings is 1. The molecule has 0 fully saturated rings. The Kier molecular flexibility index (Phi) is 4.36. The van der Waals surface area contributed by atoms with Gasteiger partial charge < -0.3 is 15.5 Å². The SMILES string of the molecule is Cc1ccc(NC[C@H](O)CO)cc1C(F)(F)F. The lowest BCUT2D eigenvalue weighted by atomic mass is 10.1. The van der Waals surface area contributed by atoms with Crippen molar-refractivity contribution in [2.45, 2.75) is 19.2 Å². The monoisotopic (exact) mass is 249 g/mol. The molecule has 0 amide bonds. The van der Waals surface area contributed by atoms with Crippen LogP contribution in [0.2, 0.25) is 0 Å². The summed E-state index contributed by atoms with van der Waals surface area (Å²) < 4.78 is 37.7. The van der Waals surface area contributed by atoms with Crippen LogP contribution in [0.3, 0.4) is 0 Å². The molecule has 0 spiro atoms. The Bertz CT molecular complexity index is 379. The zero-order valence-corrected chi connectivity index (χ0v) is 9.25. The number of hydrogen-bond acceptors (Lipinski definition) is 3. The van der Waals surface area contributed by atoms with E-state index < -0.39 is 24.5 Å². The Balaban J connectivity index is 2.82. The normalized spacial score (nSPS) is 13.5. The molecule has 17 heavy (non-hydrogen) atoms. The maximum absolute atomic E-state index is 12.6. The van der Waals surface area contributed by atoms with Gasteiger partial charge in [0.25, 0.3) is 0 Å². The fourth-order valence-corrected chi connectivity index (χ4v) is 1.34. The second kappa shape index (κ2) is 5.37. The quantitative estimate of drug-likeness (QED) is 0.762. The number of aliphatic hydroxyl groups excluding tert-OH is 2. The Morgan fingerprint density at radius 2 is 2.00 bits per heavy atom. The van der Waals surface area contributed by atoms with Crippen LogP contribution in [0.15, 0.2) is 18.2 Å². The number of halogens is 3. The van der Waals surface area contributed by atoms with Crippen molar-refractivity contribution in [3.63, 3.8) is 0 Å². The summed E-state index contributed by atoms with van der Waals surface area (Å²) in [5.74, 6) is 0. The van der Waals surface area contributed by atoms with E-state index >= 15 is 0 Å². The van der Waals surface area contributed by atoms with Crippen molar-refractivity contribution in [2.24, 2.45) is 0 Å². The fraction of sp³-hybridized carbons (Fsp3) is 0.455. The third-order valence-electron chi connectivity index (χ3n) is 2.30. The van der Waals surface area contributed by atoms with E-state index in [2.05, 4.69) is 5.32 Å². The molecular formula is C11H14F3NO2. The van der Waals surface area contributed by atoms with Gasteiger partial charge in [0, 0.05) is 12.2 Å². The molecule has 0 aromatic heterocycles. The van der Waals surface area contributed by atoms with Crippen molar-refractivity contribution in [1.29, 1.82) is 0 Å². The minimum Gasteiger partial charge on any atom is -0.394 e. The largest absolute Gasteiger partial charge is 0.416 e. The molecule has 0 bridgehead atoms. The number of hydrogen-bond donors (Lipinski definition) is 3. The van der Waals surface area contributed by atoms with E-state index in [1.165, 1.54) is 19.1 Å². The summed E-state index contributed by atoms with van der Waals surface area (Å²) in [6, 6.07) is 3.84. The number of nitrogens with one attached hydrogen (secondary N) is 1. The zero-order valence-electron chi connectivity index (χ0n) is 9.25. The first-order valence-corrected chi connectivity index (χ1v) is 5.05. The maximum atomic E-state index is 12.6. The highest BCUT2D eigenvalue weighted by atomic mass is 19.4. The van der Waals surface area contributed by atoms with Crippen molar-refractivity contribution >= 4 is 5.69 Å². The van der Waals surface area contributed by atoms with Gasteiger partial charge in [-0.1, -0.05) is 6.07 Å². The van der Waals surface area contributed by atoms with Crippen molar-refractivity contribution in [2.75, 3.05) is 18.5 Å². The maximum Gasteiger partial charge on any atom is 0.416 e. The van der Waals surface area contributed by atoms with Crippen molar-refractivity contribution in [3.05, 3.63) is 29.3 Å². The summed E-state index contributed by atoms with van der Waals surface area (Å²) in [6.45, 7) is 0.941. The summed E-state index contributed by atoms with van der Waals surface area (Å²) in [7, 11) is 0. The third kappa shape index (κ3) is 3.90. The van der Waals surface area contributed by atoms with Gasteiger partial charge in [0.05, 0.1) is 18.3 Å². The summed E-state index contributed by atoms with van der Waals surface area (Å²) in [5, 5.41) is 20.3. The second-order valence-electron chi connectivity index (χ2n) is 3.74. The number of rotatable bonds is 4. The molecular weight excluding hydrogens is 235 g/mol. The molecule has 3 N–H and O–H groups in total. The molecule has 3 nitrogen and oxygen atoms in total. The van der Waals surface area contributed by atoms with Crippen molar-refractivity contribution < 1.29 is 23.4 Å². The summed E-state index contributed by atoms with van der Waals surface area (Å²) >= 11 is 0. The summed E-state index contributed by atoms with van der Waals surface area (Å²) in [6.07, 6.45) is -5.39. The average Bonchev–Trinajstić information content (AvgIpc) is 2.26. The Hall–Kier alpha value is -1.27. The van der Waals surface area contributed by atoms with Crippen molar-refractivity contribution in [1.82, 2.24) is 0 Å². The molecule has 0 unspecified atom stereocenters. The van der Waals surface area contributed by atoms with Crippen LogP contribution in [0, 0.1) is 6.92 Å². The molecule has 0 saturated carbocycles. The standard InChI is InChI=1S/C11H14F3NO2/c1-7-2-3-8(15-5-9(17)6-16)4-10(7)11(12,13)14/h2-4,9,15-17H,5-6H2,1H3/t9-/m0/s1. The lowest BCUT2D eigenvalue weighted by Gasteiger charge is -2.14. The molecule has 1 aromatic carbocycles. The van der Waals surface area contributed by atoms with E-state index in [1.807, 2.05) is 0 Å². The molecule has 0 saturated heterocycles. The minimum atomic E-state index is -4.39. The highest BCUT2D eigenvalue weighted by molar-refractivity contribution is 5.49.